The number of ether oxygens (including phenoxy) is 2. The second-order valence-corrected chi connectivity index (χ2v) is 5.03. The van der Waals surface area contributed by atoms with Gasteiger partial charge >= 0.3 is 0 Å². The van der Waals surface area contributed by atoms with Crippen LogP contribution >= 0.6 is 0 Å². The second kappa shape index (κ2) is 6.47. The van der Waals surface area contributed by atoms with E-state index in [1.807, 2.05) is 6.92 Å². The predicted molar refractivity (Wildman–Crippen MR) is 78.5 cm³/mol. The average molecular weight is 292 g/mol. The van der Waals surface area contributed by atoms with Gasteiger partial charge < -0.3 is 19.6 Å². The molecule has 0 aliphatic carbocycles. The molecule has 1 aliphatic rings. The van der Waals surface area contributed by atoms with Crippen molar-refractivity contribution in [1.82, 2.24) is 4.90 Å². The highest BCUT2D eigenvalue weighted by atomic mass is 16.5. The number of carbonyl (C=O) groups is 1. The molecule has 6 nitrogen and oxygen atoms in total. The van der Waals surface area contributed by atoms with Crippen molar-refractivity contribution in [2.75, 3.05) is 27.3 Å². The quantitative estimate of drug-likeness (QED) is 0.683. The number of hydrogen-bond acceptors (Lipinski definition) is 5. The zero-order valence-electron chi connectivity index (χ0n) is 12.5. The third-order valence-electron chi connectivity index (χ3n) is 3.76. The van der Waals surface area contributed by atoms with E-state index >= 15 is 0 Å². The van der Waals surface area contributed by atoms with E-state index in [1.54, 1.807) is 23.1 Å². The summed E-state index contributed by atoms with van der Waals surface area (Å²) in [6.07, 6.45) is 0.570. The van der Waals surface area contributed by atoms with E-state index in [2.05, 4.69) is 5.16 Å². The molecular formula is C15H20N2O4. The fourth-order valence-electron chi connectivity index (χ4n) is 2.58. The minimum atomic E-state index is -0.131. The standard InChI is InChI=1S/C15H20N2O4/c1-10-9-17(8-7-11(10)16-19)15(18)14-12(20-2)5-4-6-13(14)21-3/h4-6,10,19H,7-9H2,1-3H3/b16-11-. The number of piperidine rings is 1. The van der Waals surface area contributed by atoms with Gasteiger partial charge in [0, 0.05) is 25.4 Å². The van der Waals surface area contributed by atoms with Crippen LogP contribution in [0.25, 0.3) is 0 Å². The first-order chi connectivity index (χ1) is 10.1. The lowest BCUT2D eigenvalue weighted by atomic mass is 9.97. The molecule has 0 saturated carbocycles. The Bertz CT molecular complexity index is 534. The SMILES string of the molecule is COc1cccc(OC)c1C(=O)N1CC/C(=N/O)C(C)C1. The molecule has 0 aromatic heterocycles. The normalized spacial score (nSPS) is 20.4. The Kier molecular flexibility index (Phi) is 4.67. The van der Waals surface area contributed by atoms with Gasteiger partial charge in [-0.2, -0.15) is 0 Å². The van der Waals surface area contributed by atoms with Crippen molar-refractivity contribution in [2.45, 2.75) is 13.3 Å². The molecule has 0 spiro atoms. The van der Waals surface area contributed by atoms with Crippen LogP contribution in [-0.2, 0) is 0 Å². The fourth-order valence-corrected chi connectivity index (χ4v) is 2.58. The van der Waals surface area contributed by atoms with Gasteiger partial charge in [0.2, 0.25) is 0 Å². The summed E-state index contributed by atoms with van der Waals surface area (Å²) in [5, 5.41) is 12.2. The molecule has 1 aromatic rings. The molecule has 1 saturated heterocycles. The number of methoxy groups -OCH3 is 2. The maximum absolute atomic E-state index is 12.8. The van der Waals surface area contributed by atoms with E-state index in [0.29, 0.717) is 36.6 Å². The Hall–Kier alpha value is -2.24. The Balaban J connectivity index is 2.29. The summed E-state index contributed by atoms with van der Waals surface area (Å²) in [5.74, 6) is 0.892. The van der Waals surface area contributed by atoms with Crippen molar-refractivity contribution in [3.05, 3.63) is 23.8 Å². The molecule has 114 valence electrons. The van der Waals surface area contributed by atoms with Crippen LogP contribution in [0.1, 0.15) is 23.7 Å². The smallest absolute Gasteiger partial charge is 0.261 e. The molecule has 1 unspecified atom stereocenters. The first kappa shape index (κ1) is 15.2. The largest absolute Gasteiger partial charge is 0.496 e. The maximum Gasteiger partial charge on any atom is 0.261 e. The van der Waals surface area contributed by atoms with Gasteiger partial charge in [-0.1, -0.05) is 18.1 Å². The highest BCUT2D eigenvalue weighted by molar-refractivity contribution is 6.01. The summed E-state index contributed by atoms with van der Waals surface area (Å²) >= 11 is 0. The summed E-state index contributed by atoms with van der Waals surface area (Å²) in [7, 11) is 3.06. The number of carbonyl (C=O) groups excluding carboxylic acids is 1. The van der Waals surface area contributed by atoms with E-state index in [4.69, 9.17) is 14.7 Å². The van der Waals surface area contributed by atoms with Crippen LogP contribution in [0.5, 0.6) is 11.5 Å². The van der Waals surface area contributed by atoms with Crippen molar-refractivity contribution in [3.63, 3.8) is 0 Å². The Morgan fingerprint density at radius 1 is 1.33 bits per heavy atom. The first-order valence-electron chi connectivity index (χ1n) is 6.83. The summed E-state index contributed by atoms with van der Waals surface area (Å²) in [4.78, 5) is 14.5. The topological polar surface area (TPSA) is 71.4 Å². The zero-order valence-corrected chi connectivity index (χ0v) is 12.5. The monoisotopic (exact) mass is 292 g/mol. The van der Waals surface area contributed by atoms with Crippen LogP contribution in [-0.4, -0.2) is 49.0 Å². The molecule has 1 aromatic carbocycles. The van der Waals surface area contributed by atoms with Crippen molar-refractivity contribution in [1.29, 1.82) is 0 Å². The highest BCUT2D eigenvalue weighted by Crippen LogP contribution is 2.30. The van der Waals surface area contributed by atoms with E-state index in [-0.39, 0.29) is 11.8 Å². The van der Waals surface area contributed by atoms with E-state index in [0.717, 1.165) is 5.71 Å². The van der Waals surface area contributed by atoms with Crippen LogP contribution in [0.4, 0.5) is 0 Å². The lowest BCUT2D eigenvalue weighted by Gasteiger charge is -2.32. The van der Waals surface area contributed by atoms with Gasteiger partial charge in [-0.25, -0.2) is 0 Å². The molecule has 1 N–H and O–H groups in total. The lowest BCUT2D eigenvalue weighted by molar-refractivity contribution is 0.0727. The molecule has 2 rings (SSSR count). The Morgan fingerprint density at radius 2 is 1.95 bits per heavy atom. The molecule has 0 bridgehead atoms. The molecular weight excluding hydrogens is 272 g/mol. The molecule has 1 heterocycles. The van der Waals surface area contributed by atoms with Crippen LogP contribution in [0.15, 0.2) is 23.4 Å². The van der Waals surface area contributed by atoms with E-state index in [9.17, 15) is 4.79 Å². The first-order valence-corrected chi connectivity index (χ1v) is 6.83. The van der Waals surface area contributed by atoms with Gasteiger partial charge in [-0.15, -0.1) is 0 Å². The third kappa shape index (κ3) is 2.94. The molecule has 0 radical (unpaired) electrons. The lowest BCUT2D eigenvalue weighted by Crippen LogP contribution is -2.43. The summed E-state index contributed by atoms with van der Waals surface area (Å²) in [6, 6.07) is 5.26. The number of rotatable bonds is 3. The average Bonchev–Trinajstić information content (AvgIpc) is 2.53. The molecule has 1 aliphatic heterocycles. The van der Waals surface area contributed by atoms with Gasteiger partial charge in [-0.3, -0.25) is 4.79 Å². The Morgan fingerprint density at radius 3 is 2.43 bits per heavy atom. The molecule has 6 heteroatoms. The molecule has 1 atom stereocenters. The number of likely N-dealkylation sites (tertiary alicyclic amines) is 1. The third-order valence-corrected chi connectivity index (χ3v) is 3.76. The van der Waals surface area contributed by atoms with Crippen molar-refractivity contribution < 1.29 is 19.5 Å². The molecule has 21 heavy (non-hydrogen) atoms. The summed E-state index contributed by atoms with van der Waals surface area (Å²) in [6.45, 7) is 2.97. The second-order valence-electron chi connectivity index (χ2n) is 5.03. The van der Waals surface area contributed by atoms with Gasteiger partial charge in [0.25, 0.3) is 5.91 Å². The fraction of sp³-hybridized carbons (Fsp3) is 0.467. The van der Waals surface area contributed by atoms with Gasteiger partial charge in [0.1, 0.15) is 17.1 Å². The number of oxime groups is 1. The van der Waals surface area contributed by atoms with Gasteiger partial charge in [-0.05, 0) is 12.1 Å². The highest BCUT2D eigenvalue weighted by Gasteiger charge is 2.29. The number of hydrogen-bond donors (Lipinski definition) is 1. The van der Waals surface area contributed by atoms with Crippen LogP contribution in [0.3, 0.4) is 0 Å². The maximum atomic E-state index is 12.8. The Labute approximate surface area is 124 Å². The zero-order chi connectivity index (χ0) is 15.4. The summed E-state index contributed by atoms with van der Waals surface area (Å²) < 4.78 is 10.6. The summed E-state index contributed by atoms with van der Waals surface area (Å²) in [5.41, 5.74) is 1.16. The van der Waals surface area contributed by atoms with Crippen LogP contribution in [0.2, 0.25) is 0 Å². The van der Waals surface area contributed by atoms with Crippen molar-refractivity contribution in [2.24, 2.45) is 11.1 Å². The number of nitrogens with zero attached hydrogens (tertiary/aromatic N) is 2. The molecule has 1 fully saturated rings. The van der Waals surface area contributed by atoms with Crippen LogP contribution < -0.4 is 9.47 Å². The minimum Gasteiger partial charge on any atom is -0.496 e. The van der Waals surface area contributed by atoms with Gasteiger partial charge in [0.15, 0.2) is 0 Å². The van der Waals surface area contributed by atoms with Crippen LogP contribution in [0, 0.1) is 5.92 Å². The molecule has 1 amide bonds. The number of benzene rings is 1. The van der Waals surface area contributed by atoms with Crippen molar-refractivity contribution in [3.8, 4) is 11.5 Å². The van der Waals surface area contributed by atoms with E-state index < -0.39 is 0 Å². The number of amides is 1. The van der Waals surface area contributed by atoms with Crippen molar-refractivity contribution >= 4 is 11.6 Å². The predicted octanol–water partition coefficient (Wildman–Crippen LogP) is 2.02. The minimum absolute atomic E-state index is 0.0356. The van der Waals surface area contributed by atoms with E-state index in [1.165, 1.54) is 14.2 Å². The van der Waals surface area contributed by atoms with Gasteiger partial charge in [0.05, 0.1) is 19.9 Å².